The number of amides is 1. The summed E-state index contributed by atoms with van der Waals surface area (Å²) in [7, 11) is 0. The van der Waals surface area contributed by atoms with Gasteiger partial charge in [-0.25, -0.2) is 0 Å². The van der Waals surface area contributed by atoms with Gasteiger partial charge in [-0.1, -0.05) is 6.07 Å². The number of rotatable bonds is 4. The van der Waals surface area contributed by atoms with E-state index < -0.39 is 18.0 Å². The van der Waals surface area contributed by atoms with Crippen molar-refractivity contribution in [2.24, 2.45) is 5.92 Å². The van der Waals surface area contributed by atoms with E-state index in [-0.39, 0.29) is 12.5 Å². The quantitative estimate of drug-likeness (QED) is 0.885. The van der Waals surface area contributed by atoms with Gasteiger partial charge in [0.1, 0.15) is 5.75 Å². The molecule has 2 rings (SSSR count). The predicted molar refractivity (Wildman–Crippen MR) is 85.9 cm³/mol. The lowest BCUT2D eigenvalue weighted by atomic mass is 9.98. The molecule has 0 aromatic heterocycles. The minimum Gasteiger partial charge on any atom is -0.481 e. The molecular formula is C16H20BrNO4. The molecule has 0 spiro atoms. The Hall–Kier alpha value is -1.56. The second-order valence-corrected chi connectivity index (χ2v) is 6.51. The van der Waals surface area contributed by atoms with Crippen LogP contribution in [0.3, 0.4) is 0 Å². The van der Waals surface area contributed by atoms with Gasteiger partial charge in [-0.3, -0.25) is 9.59 Å². The fourth-order valence-electron chi connectivity index (χ4n) is 2.58. The maximum atomic E-state index is 12.4. The highest BCUT2D eigenvalue weighted by Crippen LogP contribution is 2.27. The lowest BCUT2D eigenvalue weighted by molar-refractivity contribution is -0.147. The molecule has 1 aliphatic rings. The van der Waals surface area contributed by atoms with E-state index in [4.69, 9.17) is 9.84 Å². The van der Waals surface area contributed by atoms with Crippen molar-refractivity contribution in [3.8, 4) is 5.75 Å². The maximum absolute atomic E-state index is 12.4. The monoisotopic (exact) mass is 369 g/mol. The number of aliphatic carboxylic acids is 1. The van der Waals surface area contributed by atoms with Crippen LogP contribution in [-0.2, 0) is 9.59 Å². The number of benzene rings is 1. The molecule has 0 saturated carbocycles. The van der Waals surface area contributed by atoms with Crippen molar-refractivity contribution in [2.75, 3.05) is 13.1 Å². The molecule has 0 bridgehead atoms. The zero-order chi connectivity index (χ0) is 16.3. The van der Waals surface area contributed by atoms with Crippen molar-refractivity contribution < 1.29 is 19.4 Å². The lowest BCUT2D eigenvalue weighted by Crippen LogP contribution is -2.47. The standard InChI is InChI=1S/C16H20BrNO4/c1-10-5-6-14(13(17)8-10)22-11(2)15(19)18-7-3-4-12(9-18)16(20)21/h5-6,8,11-12H,3-4,7,9H2,1-2H3,(H,20,21)/t11?,12-/m0/s1. The highest BCUT2D eigenvalue weighted by Gasteiger charge is 2.31. The molecular weight excluding hydrogens is 350 g/mol. The number of hydrogen-bond acceptors (Lipinski definition) is 3. The number of carboxylic acid groups (broad SMARTS) is 1. The minimum atomic E-state index is -0.840. The number of piperidine rings is 1. The molecule has 1 aliphatic heterocycles. The van der Waals surface area contributed by atoms with Crippen LogP contribution in [0.5, 0.6) is 5.75 Å². The lowest BCUT2D eigenvalue weighted by Gasteiger charge is -2.32. The summed E-state index contributed by atoms with van der Waals surface area (Å²) in [6.07, 6.45) is 0.688. The number of nitrogens with zero attached hydrogens (tertiary/aromatic N) is 1. The van der Waals surface area contributed by atoms with Crippen molar-refractivity contribution >= 4 is 27.8 Å². The molecule has 6 heteroatoms. The van der Waals surface area contributed by atoms with Crippen molar-refractivity contribution in [3.05, 3.63) is 28.2 Å². The van der Waals surface area contributed by atoms with E-state index in [2.05, 4.69) is 15.9 Å². The van der Waals surface area contributed by atoms with Gasteiger partial charge in [0.05, 0.1) is 10.4 Å². The number of halogens is 1. The van der Waals surface area contributed by atoms with Gasteiger partial charge >= 0.3 is 5.97 Å². The summed E-state index contributed by atoms with van der Waals surface area (Å²) < 4.78 is 6.53. The number of aryl methyl sites for hydroxylation is 1. The molecule has 1 unspecified atom stereocenters. The molecule has 1 N–H and O–H groups in total. The molecule has 22 heavy (non-hydrogen) atoms. The SMILES string of the molecule is Cc1ccc(OC(C)C(=O)N2CCC[C@H](C(=O)O)C2)c(Br)c1. The van der Waals surface area contributed by atoms with Crippen LogP contribution in [0.4, 0.5) is 0 Å². The number of carbonyl (C=O) groups excluding carboxylic acids is 1. The van der Waals surface area contributed by atoms with Gasteiger partial charge in [0.2, 0.25) is 0 Å². The Kier molecular flexibility index (Phi) is 5.45. The third kappa shape index (κ3) is 4.00. The fourth-order valence-corrected chi connectivity index (χ4v) is 3.17. The summed E-state index contributed by atoms with van der Waals surface area (Å²) >= 11 is 3.42. The van der Waals surface area contributed by atoms with Gasteiger partial charge < -0.3 is 14.7 Å². The number of hydrogen-bond donors (Lipinski definition) is 1. The topological polar surface area (TPSA) is 66.8 Å². The van der Waals surface area contributed by atoms with E-state index in [1.807, 2.05) is 25.1 Å². The molecule has 5 nitrogen and oxygen atoms in total. The van der Waals surface area contributed by atoms with Crippen molar-refractivity contribution in [1.82, 2.24) is 4.90 Å². The predicted octanol–water partition coefficient (Wildman–Crippen LogP) is 2.85. The summed E-state index contributed by atoms with van der Waals surface area (Å²) in [6, 6.07) is 5.66. The van der Waals surface area contributed by atoms with Crippen LogP contribution in [0.1, 0.15) is 25.3 Å². The Bertz CT molecular complexity index is 575. The van der Waals surface area contributed by atoms with Gasteiger partial charge in [0, 0.05) is 13.1 Å². The number of ether oxygens (including phenoxy) is 1. The average Bonchev–Trinajstić information content (AvgIpc) is 2.49. The van der Waals surface area contributed by atoms with Crippen LogP contribution in [-0.4, -0.2) is 41.1 Å². The highest BCUT2D eigenvalue weighted by atomic mass is 79.9. The van der Waals surface area contributed by atoms with E-state index in [0.29, 0.717) is 25.1 Å². The van der Waals surface area contributed by atoms with Crippen molar-refractivity contribution in [2.45, 2.75) is 32.8 Å². The summed E-state index contributed by atoms with van der Waals surface area (Å²) in [5.74, 6) is -0.875. The maximum Gasteiger partial charge on any atom is 0.308 e. The normalized spacial score (nSPS) is 19.6. The first kappa shape index (κ1) is 16.8. The minimum absolute atomic E-state index is 0.168. The molecule has 1 aromatic carbocycles. The average molecular weight is 370 g/mol. The Morgan fingerprint density at radius 2 is 2.18 bits per heavy atom. The largest absolute Gasteiger partial charge is 0.481 e. The van der Waals surface area contributed by atoms with E-state index in [9.17, 15) is 9.59 Å². The molecule has 2 atom stereocenters. The molecule has 1 fully saturated rings. The molecule has 0 aliphatic carbocycles. The summed E-state index contributed by atoms with van der Waals surface area (Å²) in [5, 5.41) is 9.10. The molecule has 1 amide bonds. The Morgan fingerprint density at radius 3 is 2.82 bits per heavy atom. The van der Waals surface area contributed by atoms with E-state index in [1.165, 1.54) is 0 Å². The zero-order valence-electron chi connectivity index (χ0n) is 12.7. The molecule has 1 saturated heterocycles. The zero-order valence-corrected chi connectivity index (χ0v) is 14.3. The van der Waals surface area contributed by atoms with Gasteiger partial charge in [0.15, 0.2) is 6.10 Å². The number of likely N-dealkylation sites (tertiary alicyclic amines) is 1. The Morgan fingerprint density at radius 1 is 1.45 bits per heavy atom. The van der Waals surface area contributed by atoms with Crippen LogP contribution in [0.2, 0.25) is 0 Å². The Balaban J connectivity index is 2.01. The first-order valence-electron chi connectivity index (χ1n) is 7.33. The van der Waals surface area contributed by atoms with Crippen LogP contribution in [0.15, 0.2) is 22.7 Å². The van der Waals surface area contributed by atoms with Gasteiger partial charge in [-0.2, -0.15) is 0 Å². The Labute approximate surface area is 138 Å². The van der Waals surface area contributed by atoms with Crippen LogP contribution >= 0.6 is 15.9 Å². The van der Waals surface area contributed by atoms with Gasteiger partial charge in [-0.05, 0) is 60.3 Å². The van der Waals surface area contributed by atoms with Crippen LogP contribution < -0.4 is 4.74 Å². The third-order valence-corrected chi connectivity index (χ3v) is 4.44. The summed E-state index contributed by atoms with van der Waals surface area (Å²) in [6.45, 7) is 4.52. The third-order valence-electron chi connectivity index (χ3n) is 3.82. The molecule has 1 aromatic rings. The van der Waals surface area contributed by atoms with Gasteiger partial charge in [0.25, 0.3) is 5.91 Å². The van der Waals surface area contributed by atoms with E-state index in [0.717, 1.165) is 10.0 Å². The second kappa shape index (κ2) is 7.13. The summed E-state index contributed by atoms with van der Waals surface area (Å²) in [5.41, 5.74) is 1.10. The van der Waals surface area contributed by atoms with Crippen LogP contribution in [0.25, 0.3) is 0 Å². The fraction of sp³-hybridized carbons (Fsp3) is 0.500. The smallest absolute Gasteiger partial charge is 0.308 e. The van der Waals surface area contributed by atoms with Crippen LogP contribution in [0, 0.1) is 12.8 Å². The molecule has 1 heterocycles. The van der Waals surface area contributed by atoms with Crippen molar-refractivity contribution in [3.63, 3.8) is 0 Å². The highest BCUT2D eigenvalue weighted by molar-refractivity contribution is 9.10. The summed E-state index contributed by atoms with van der Waals surface area (Å²) in [4.78, 5) is 25.1. The van der Waals surface area contributed by atoms with E-state index >= 15 is 0 Å². The first-order valence-corrected chi connectivity index (χ1v) is 8.12. The first-order chi connectivity index (χ1) is 10.4. The van der Waals surface area contributed by atoms with Gasteiger partial charge in [-0.15, -0.1) is 0 Å². The number of carboxylic acids is 1. The molecule has 0 radical (unpaired) electrons. The van der Waals surface area contributed by atoms with Crippen molar-refractivity contribution in [1.29, 1.82) is 0 Å². The second-order valence-electron chi connectivity index (χ2n) is 5.66. The molecule has 120 valence electrons. The van der Waals surface area contributed by atoms with E-state index in [1.54, 1.807) is 11.8 Å². The number of carbonyl (C=O) groups is 2.